The van der Waals surface area contributed by atoms with Gasteiger partial charge >= 0.3 is 0 Å². The first kappa shape index (κ1) is 7.29. The molecule has 0 unspecified atom stereocenters. The third-order valence-corrected chi connectivity index (χ3v) is 1.22. The van der Waals surface area contributed by atoms with Crippen LogP contribution in [0.15, 0.2) is 24.3 Å². The maximum atomic E-state index is 2.12. The Morgan fingerprint density at radius 2 is 1.00 bits per heavy atom. The zero-order valence-electron chi connectivity index (χ0n) is 6.76. The summed E-state index contributed by atoms with van der Waals surface area (Å²) in [6.45, 7) is 0. The highest BCUT2D eigenvalue weighted by Crippen LogP contribution is 2.29. The largest absolute Gasteiger partial charge is 0.312 e. The molecule has 0 aromatic heterocycles. The van der Waals surface area contributed by atoms with E-state index in [-0.39, 0.29) is 0 Å². The molecule has 0 radical (unpaired) electrons. The van der Waals surface area contributed by atoms with Gasteiger partial charge in [0.15, 0.2) is 0 Å². The molecule has 0 fully saturated rings. The van der Waals surface area contributed by atoms with Crippen LogP contribution >= 0.6 is 0 Å². The van der Waals surface area contributed by atoms with Crippen molar-refractivity contribution in [2.75, 3.05) is 21.1 Å². The van der Waals surface area contributed by atoms with Gasteiger partial charge in [0.25, 0.3) is 0 Å². The molecule has 2 aliphatic carbocycles. The highest BCUT2D eigenvalue weighted by molar-refractivity contribution is 5.75. The van der Waals surface area contributed by atoms with E-state index >= 15 is 0 Å². The fourth-order valence-electron chi connectivity index (χ4n) is 0.663. The summed E-state index contributed by atoms with van der Waals surface area (Å²) in [6, 6.07) is 8.48. The van der Waals surface area contributed by atoms with Crippen molar-refractivity contribution >= 4 is 0 Å². The summed E-state index contributed by atoms with van der Waals surface area (Å²) < 4.78 is 0. The Bertz CT molecular complexity index is 175. The van der Waals surface area contributed by atoms with Crippen molar-refractivity contribution in [2.45, 2.75) is 0 Å². The van der Waals surface area contributed by atoms with Gasteiger partial charge in [-0.15, -0.1) is 0 Å². The number of fused-ring (bicyclic) bond motifs is 1. The van der Waals surface area contributed by atoms with E-state index in [0.717, 1.165) is 0 Å². The van der Waals surface area contributed by atoms with Crippen molar-refractivity contribution in [3.8, 4) is 11.1 Å². The zero-order chi connectivity index (χ0) is 7.56. The first-order valence-corrected chi connectivity index (χ1v) is 3.41. The van der Waals surface area contributed by atoms with E-state index in [2.05, 4.69) is 24.3 Å². The van der Waals surface area contributed by atoms with Crippen LogP contribution in [0.25, 0.3) is 11.1 Å². The predicted octanol–water partition coefficient (Wildman–Crippen LogP) is 1.84. The van der Waals surface area contributed by atoms with Gasteiger partial charge in [0, 0.05) is 0 Å². The molecule has 0 aliphatic heterocycles. The molecule has 10 heavy (non-hydrogen) atoms. The van der Waals surface area contributed by atoms with E-state index < -0.39 is 0 Å². The molecule has 54 valence electrons. The molecule has 0 saturated carbocycles. The van der Waals surface area contributed by atoms with Gasteiger partial charge in [-0.05, 0) is 32.3 Å². The number of rotatable bonds is 0. The minimum absolute atomic E-state index is 1.43. The summed E-state index contributed by atoms with van der Waals surface area (Å²) in [4.78, 5) is 2.00. The summed E-state index contributed by atoms with van der Waals surface area (Å²) in [6.07, 6.45) is 0. The van der Waals surface area contributed by atoms with Crippen LogP contribution in [0.5, 0.6) is 0 Å². The molecule has 0 bridgehead atoms. The smallest absolute Gasteiger partial charge is 0.0140 e. The molecule has 1 heteroatoms. The standard InChI is InChI=1S/C6H4.C3H9N/c1-2-6-4-3-5(1)6;1-4(2)3/h1-4H;1-3H3. The van der Waals surface area contributed by atoms with Crippen molar-refractivity contribution in [1.29, 1.82) is 0 Å². The second-order valence-corrected chi connectivity index (χ2v) is 2.92. The predicted molar refractivity (Wildman–Crippen MR) is 45.0 cm³/mol. The maximum absolute atomic E-state index is 2.12. The van der Waals surface area contributed by atoms with Crippen LogP contribution < -0.4 is 0 Å². The van der Waals surface area contributed by atoms with E-state index in [1.807, 2.05) is 26.0 Å². The Kier molecular flexibility index (Phi) is 2.07. The molecular formula is C9H13N. The van der Waals surface area contributed by atoms with Gasteiger partial charge in [0.05, 0.1) is 0 Å². The van der Waals surface area contributed by atoms with Gasteiger partial charge in [0.2, 0.25) is 0 Å². The molecule has 0 aromatic carbocycles. The van der Waals surface area contributed by atoms with Crippen LogP contribution in [-0.2, 0) is 0 Å². The topological polar surface area (TPSA) is 3.24 Å². The lowest BCUT2D eigenvalue weighted by atomic mass is 9.95. The Hall–Kier alpha value is -0.820. The van der Waals surface area contributed by atoms with Crippen LogP contribution in [0.4, 0.5) is 0 Å². The molecule has 0 amide bonds. The number of hydrogen-bond acceptors (Lipinski definition) is 1. The summed E-state index contributed by atoms with van der Waals surface area (Å²) in [5.74, 6) is 0. The molecule has 2 aliphatic rings. The van der Waals surface area contributed by atoms with Crippen molar-refractivity contribution in [2.24, 2.45) is 0 Å². The third-order valence-electron chi connectivity index (χ3n) is 1.22. The molecule has 0 atom stereocenters. The van der Waals surface area contributed by atoms with Crippen LogP contribution in [0, 0.1) is 0 Å². The van der Waals surface area contributed by atoms with Gasteiger partial charge in [-0.3, -0.25) is 0 Å². The van der Waals surface area contributed by atoms with E-state index in [9.17, 15) is 0 Å². The molecule has 0 heterocycles. The third kappa shape index (κ3) is 1.58. The van der Waals surface area contributed by atoms with E-state index in [1.54, 1.807) is 0 Å². The van der Waals surface area contributed by atoms with Crippen molar-refractivity contribution < 1.29 is 0 Å². The second-order valence-electron chi connectivity index (χ2n) is 2.92. The van der Waals surface area contributed by atoms with Crippen LogP contribution in [-0.4, -0.2) is 26.0 Å². The monoisotopic (exact) mass is 135 g/mol. The summed E-state index contributed by atoms with van der Waals surface area (Å²) in [5.41, 5.74) is 2.85. The molecule has 0 N–H and O–H groups in total. The highest BCUT2D eigenvalue weighted by Gasteiger charge is 2.03. The Morgan fingerprint density at radius 3 is 1.00 bits per heavy atom. The summed E-state index contributed by atoms with van der Waals surface area (Å²) in [7, 11) is 6.00. The van der Waals surface area contributed by atoms with Crippen molar-refractivity contribution in [1.82, 2.24) is 4.90 Å². The Labute approximate surface area is 62.3 Å². The van der Waals surface area contributed by atoms with Gasteiger partial charge in [-0.25, -0.2) is 0 Å². The van der Waals surface area contributed by atoms with E-state index in [4.69, 9.17) is 0 Å². The van der Waals surface area contributed by atoms with Crippen LogP contribution in [0.3, 0.4) is 0 Å². The van der Waals surface area contributed by atoms with Crippen molar-refractivity contribution in [3.05, 3.63) is 24.3 Å². The number of benzene rings is 1. The lowest BCUT2D eigenvalue weighted by Gasteiger charge is -2.10. The fraction of sp³-hybridized carbons (Fsp3) is 0.333. The number of nitrogens with zero attached hydrogens (tertiary/aromatic N) is 1. The number of hydrogen-bond donors (Lipinski definition) is 0. The minimum Gasteiger partial charge on any atom is -0.312 e. The maximum Gasteiger partial charge on any atom is -0.0140 e. The Morgan fingerprint density at radius 1 is 0.800 bits per heavy atom. The minimum atomic E-state index is 1.43. The molecule has 0 aromatic rings. The first-order valence-electron chi connectivity index (χ1n) is 3.41. The van der Waals surface area contributed by atoms with Crippen LogP contribution in [0.2, 0.25) is 0 Å². The Balaban J connectivity index is 0.000000112. The quantitative estimate of drug-likeness (QED) is 0.533. The summed E-state index contributed by atoms with van der Waals surface area (Å²) in [5, 5.41) is 0. The first-order chi connectivity index (χ1) is 4.70. The molecule has 1 nitrogen and oxygen atoms in total. The van der Waals surface area contributed by atoms with Crippen molar-refractivity contribution in [3.63, 3.8) is 0 Å². The normalized spacial score (nSPS) is 10.4. The molecular weight excluding hydrogens is 122 g/mol. The fourth-order valence-corrected chi connectivity index (χ4v) is 0.663. The average molecular weight is 135 g/mol. The molecule has 0 saturated heterocycles. The average Bonchev–Trinajstić information content (AvgIpc) is 1.77. The van der Waals surface area contributed by atoms with Gasteiger partial charge < -0.3 is 4.90 Å². The van der Waals surface area contributed by atoms with Gasteiger partial charge in [-0.2, -0.15) is 0 Å². The van der Waals surface area contributed by atoms with E-state index in [1.165, 1.54) is 11.1 Å². The van der Waals surface area contributed by atoms with Crippen LogP contribution in [0.1, 0.15) is 0 Å². The van der Waals surface area contributed by atoms with Gasteiger partial charge in [0.1, 0.15) is 0 Å². The lowest BCUT2D eigenvalue weighted by molar-refractivity contribution is 0.505. The second kappa shape index (κ2) is 2.84. The lowest BCUT2D eigenvalue weighted by Crippen LogP contribution is -1.99. The molecule has 2 rings (SSSR count). The van der Waals surface area contributed by atoms with Gasteiger partial charge in [-0.1, -0.05) is 24.3 Å². The zero-order valence-corrected chi connectivity index (χ0v) is 6.76. The SMILES string of the molecule is CN(C)C.c1cc2ccc1-2. The molecule has 0 spiro atoms. The highest BCUT2D eigenvalue weighted by atomic mass is 15.0. The van der Waals surface area contributed by atoms with E-state index in [0.29, 0.717) is 0 Å². The summed E-state index contributed by atoms with van der Waals surface area (Å²) >= 11 is 0.